The minimum atomic E-state index is -3.01. The topological polar surface area (TPSA) is 79.1 Å². The van der Waals surface area contributed by atoms with Gasteiger partial charge >= 0.3 is 0 Å². The maximum atomic E-state index is 14.6. The Hall–Kier alpha value is -1.84. The van der Waals surface area contributed by atoms with Crippen LogP contribution in [0.15, 0.2) is 18.0 Å². The van der Waals surface area contributed by atoms with Crippen LogP contribution in [-0.4, -0.2) is 75.5 Å². The summed E-state index contributed by atoms with van der Waals surface area (Å²) in [6.07, 6.45) is 2.50. The third kappa shape index (κ3) is 4.72. The van der Waals surface area contributed by atoms with Crippen molar-refractivity contribution in [2.24, 2.45) is 11.7 Å². The third-order valence-electron chi connectivity index (χ3n) is 7.42. The summed E-state index contributed by atoms with van der Waals surface area (Å²) in [7, 11) is -1.46. The highest BCUT2D eigenvalue weighted by Gasteiger charge is 2.40. The number of fused-ring (bicyclic) bond motifs is 1. The molecule has 0 spiro atoms. The normalized spacial score (nSPS) is 28.5. The zero-order valence-corrected chi connectivity index (χ0v) is 21.1. The number of hydrogen-bond acceptors (Lipinski definition) is 7. The third-order valence-corrected chi connectivity index (χ3v) is 8.46. The Morgan fingerprint density at radius 1 is 1.27 bits per heavy atom. The van der Waals surface area contributed by atoms with E-state index < -0.39 is 16.0 Å². The van der Waals surface area contributed by atoms with Crippen LogP contribution in [0.5, 0.6) is 0 Å². The Morgan fingerprint density at radius 3 is 2.58 bits per heavy atom. The van der Waals surface area contributed by atoms with E-state index in [-0.39, 0.29) is 30.4 Å². The van der Waals surface area contributed by atoms with Gasteiger partial charge in [0.1, 0.15) is 21.8 Å². The quantitative estimate of drug-likeness (QED) is 0.671. The number of alkyl halides is 1. The summed E-state index contributed by atoms with van der Waals surface area (Å²) in [5.74, 6) is 1.29. The molecule has 3 aliphatic heterocycles. The Morgan fingerprint density at radius 2 is 2.00 bits per heavy atom. The number of nitrogens with two attached hydrogens (primary N) is 1. The highest BCUT2D eigenvalue weighted by atomic mass is 32.2. The molecule has 3 aliphatic rings. The van der Waals surface area contributed by atoms with Gasteiger partial charge < -0.3 is 15.4 Å². The van der Waals surface area contributed by atoms with E-state index in [9.17, 15) is 12.8 Å². The molecule has 1 aromatic carbocycles. The number of hydrogen-bond donors (Lipinski definition) is 1. The van der Waals surface area contributed by atoms with Gasteiger partial charge in [-0.1, -0.05) is 19.9 Å². The molecule has 0 saturated carbocycles. The maximum Gasteiger partial charge on any atom is 0.147 e. The molecule has 0 radical (unpaired) electrons. The molecule has 3 heterocycles. The number of rotatable bonds is 6. The summed E-state index contributed by atoms with van der Waals surface area (Å²) >= 11 is 0. The van der Waals surface area contributed by atoms with Gasteiger partial charge in [-0.05, 0) is 42.5 Å². The highest BCUT2D eigenvalue weighted by Crippen LogP contribution is 2.41. The van der Waals surface area contributed by atoms with Gasteiger partial charge in [0.2, 0.25) is 0 Å². The molecule has 2 N–H and O–H groups in total. The minimum absolute atomic E-state index is 0.126. The van der Waals surface area contributed by atoms with E-state index in [1.165, 1.54) is 17.4 Å². The lowest BCUT2D eigenvalue weighted by atomic mass is 9.86. The summed E-state index contributed by atoms with van der Waals surface area (Å²) in [5, 5.41) is 3.99. The molecule has 184 valence electrons. The van der Waals surface area contributed by atoms with Crippen LogP contribution >= 0.6 is 0 Å². The second-order valence-corrected chi connectivity index (χ2v) is 12.3. The van der Waals surface area contributed by atoms with Crippen molar-refractivity contribution in [2.75, 3.05) is 43.7 Å². The monoisotopic (exact) mass is 480 g/mol. The first kappa shape index (κ1) is 24.3. The standard InChI is InChI=1S/C24H37FN4O3S/c1-15(2)18-6-7-22(28-11-17(16(28)3)14-33(5,30)31)20-12-29(24(26)10-19(18)20)27-9-8-23(32-4)21(25)13-27/h6-7,10,15-17,21,23H,8-9,11-14,26H2,1-5H3/t16-,17-,21+,23-/m1/s1. The Bertz CT molecular complexity index is 1030. The van der Waals surface area contributed by atoms with Crippen molar-refractivity contribution in [2.45, 2.75) is 58.0 Å². The van der Waals surface area contributed by atoms with Crippen molar-refractivity contribution in [3.05, 3.63) is 34.6 Å². The Kier molecular flexibility index (Phi) is 6.68. The number of hydrazine groups is 1. The number of halogens is 1. The molecule has 2 fully saturated rings. The average molecular weight is 481 g/mol. The molecule has 0 amide bonds. The van der Waals surface area contributed by atoms with Crippen molar-refractivity contribution < 1.29 is 17.5 Å². The molecule has 7 nitrogen and oxygen atoms in total. The van der Waals surface area contributed by atoms with Gasteiger partial charge in [0.05, 0.1) is 24.9 Å². The van der Waals surface area contributed by atoms with Crippen molar-refractivity contribution in [3.8, 4) is 0 Å². The first-order valence-corrected chi connectivity index (χ1v) is 13.8. The van der Waals surface area contributed by atoms with E-state index in [1.54, 1.807) is 7.11 Å². The smallest absolute Gasteiger partial charge is 0.147 e. The second kappa shape index (κ2) is 9.07. The van der Waals surface area contributed by atoms with Gasteiger partial charge in [-0.15, -0.1) is 0 Å². The van der Waals surface area contributed by atoms with E-state index in [2.05, 4.69) is 37.8 Å². The van der Waals surface area contributed by atoms with Gasteiger partial charge in [0.15, 0.2) is 0 Å². The lowest BCUT2D eigenvalue weighted by molar-refractivity contribution is -0.0938. The molecule has 4 rings (SSSR count). The maximum absolute atomic E-state index is 14.6. The van der Waals surface area contributed by atoms with Crippen molar-refractivity contribution in [1.82, 2.24) is 10.0 Å². The first-order chi connectivity index (χ1) is 15.5. The highest BCUT2D eigenvalue weighted by molar-refractivity contribution is 7.90. The largest absolute Gasteiger partial charge is 0.384 e. The zero-order valence-electron chi connectivity index (χ0n) is 20.3. The van der Waals surface area contributed by atoms with Gasteiger partial charge in [-0.2, -0.15) is 0 Å². The Balaban J connectivity index is 1.64. The molecular weight excluding hydrogens is 443 g/mol. The number of methoxy groups -OCH3 is 1. The minimum Gasteiger partial charge on any atom is -0.384 e. The van der Waals surface area contributed by atoms with Crippen molar-refractivity contribution in [3.63, 3.8) is 0 Å². The summed E-state index contributed by atoms with van der Waals surface area (Å²) < 4.78 is 43.5. The average Bonchev–Trinajstić information content (AvgIpc) is 2.74. The van der Waals surface area contributed by atoms with Gasteiger partial charge in [0.25, 0.3) is 0 Å². The molecule has 0 aromatic heterocycles. The van der Waals surface area contributed by atoms with Crippen LogP contribution in [0, 0.1) is 5.92 Å². The van der Waals surface area contributed by atoms with Crippen LogP contribution in [-0.2, 0) is 21.1 Å². The summed E-state index contributed by atoms with van der Waals surface area (Å²) in [6, 6.07) is 4.46. The predicted octanol–water partition coefficient (Wildman–Crippen LogP) is 2.73. The molecule has 2 saturated heterocycles. The number of ether oxygens (including phenoxy) is 1. The van der Waals surface area contributed by atoms with Crippen LogP contribution in [0.1, 0.15) is 49.8 Å². The molecular formula is C24H37FN4O3S. The number of sulfone groups is 1. The van der Waals surface area contributed by atoms with Crippen LogP contribution in [0.2, 0.25) is 0 Å². The van der Waals surface area contributed by atoms with Gasteiger partial charge in [0, 0.05) is 49.7 Å². The number of anilines is 1. The molecule has 1 aromatic rings. The SMILES string of the molecule is CO[C@@H]1CCN(N2Cc3c(N4C[C@H](CS(C)(=O)=O)[C@H]4C)ccc(C(C)C)c3C=C2N)C[C@@H]1F. The fraction of sp³-hybridized carbons (Fsp3) is 0.667. The second-order valence-electron chi connectivity index (χ2n) is 10.1. The lowest BCUT2D eigenvalue weighted by Crippen LogP contribution is -2.58. The summed E-state index contributed by atoms with van der Waals surface area (Å²) in [4.78, 5) is 2.29. The first-order valence-electron chi connectivity index (χ1n) is 11.8. The summed E-state index contributed by atoms with van der Waals surface area (Å²) in [5.41, 5.74) is 11.2. The fourth-order valence-electron chi connectivity index (χ4n) is 5.45. The molecule has 0 unspecified atom stereocenters. The summed E-state index contributed by atoms with van der Waals surface area (Å²) in [6.45, 7) is 8.64. The number of piperidine rings is 1. The van der Waals surface area contributed by atoms with E-state index in [1.807, 2.05) is 16.1 Å². The van der Waals surface area contributed by atoms with Gasteiger partial charge in [-0.3, -0.25) is 5.01 Å². The molecule has 4 atom stereocenters. The predicted molar refractivity (Wildman–Crippen MR) is 130 cm³/mol. The fourth-order valence-corrected chi connectivity index (χ4v) is 6.61. The lowest BCUT2D eigenvalue weighted by Gasteiger charge is -2.50. The van der Waals surface area contributed by atoms with E-state index in [0.29, 0.717) is 37.8 Å². The molecule has 33 heavy (non-hydrogen) atoms. The van der Waals surface area contributed by atoms with Crippen LogP contribution < -0.4 is 10.6 Å². The van der Waals surface area contributed by atoms with Crippen molar-refractivity contribution >= 4 is 21.6 Å². The van der Waals surface area contributed by atoms with Gasteiger partial charge in [-0.25, -0.2) is 17.8 Å². The Labute approximate surface area is 197 Å². The van der Waals surface area contributed by atoms with Crippen LogP contribution in [0.25, 0.3) is 6.08 Å². The molecule has 9 heteroatoms. The number of benzene rings is 1. The number of nitrogens with zero attached hydrogens (tertiary/aromatic N) is 3. The van der Waals surface area contributed by atoms with Crippen molar-refractivity contribution in [1.29, 1.82) is 0 Å². The van der Waals surface area contributed by atoms with E-state index >= 15 is 0 Å². The van der Waals surface area contributed by atoms with E-state index in [0.717, 1.165) is 11.3 Å². The van der Waals surface area contributed by atoms with E-state index in [4.69, 9.17) is 10.5 Å². The zero-order chi connectivity index (χ0) is 24.1. The molecule has 0 aliphatic carbocycles. The van der Waals surface area contributed by atoms with Crippen LogP contribution in [0.4, 0.5) is 10.1 Å². The van der Waals surface area contributed by atoms with Crippen LogP contribution in [0.3, 0.4) is 0 Å². The molecule has 0 bridgehead atoms.